The number of aryl methyl sites for hydroxylation is 1. The summed E-state index contributed by atoms with van der Waals surface area (Å²) in [4.78, 5) is 0.167. The Balaban J connectivity index is 2.19. The quantitative estimate of drug-likeness (QED) is 0.811. The molecule has 0 spiro atoms. The van der Waals surface area contributed by atoms with Crippen molar-refractivity contribution < 1.29 is 8.42 Å². The molecule has 0 aliphatic carbocycles. The lowest BCUT2D eigenvalue weighted by atomic mass is 10.3. The van der Waals surface area contributed by atoms with Gasteiger partial charge in [0.25, 0.3) is 0 Å². The Morgan fingerprint density at radius 2 is 2.15 bits per heavy atom. The van der Waals surface area contributed by atoms with Gasteiger partial charge in [-0.1, -0.05) is 0 Å². The molecule has 0 atom stereocenters. The van der Waals surface area contributed by atoms with Crippen molar-refractivity contribution in [2.45, 2.75) is 18.4 Å². The molecule has 0 aliphatic rings. The highest BCUT2D eigenvalue weighted by Crippen LogP contribution is 2.23. The van der Waals surface area contributed by atoms with Crippen LogP contribution >= 0.6 is 15.9 Å². The van der Waals surface area contributed by atoms with Gasteiger partial charge in [-0.25, -0.2) is 13.1 Å². The van der Waals surface area contributed by atoms with Crippen molar-refractivity contribution in [1.29, 1.82) is 0 Å². The second-order valence-corrected chi connectivity index (χ2v) is 7.01. The van der Waals surface area contributed by atoms with E-state index in [1.165, 1.54) is 12.1 Å². The lowest BCUT2D eigenvalue weighted by Crippen LogP contribution is -2.23. The monoisotopic (exact) mass is 358 g/mol. The zero-order valence-electron chi connectivity index (χ0n) is 11.1. The molecule has 108 valence electrons. The Morgan fingerprint density at radius 1 is 1.45 bits per heavy atom. The number of aromatic nitrogens is 2. The number of benzene rings is 1. The van der Waals surface area contributed by atoms with Gasteiger partial charge in [-0.2, -0.15) is 5.10 Å². The Bertz CT molecular complexity index is 740. The van der Waals surface area contributed by atoms with Crippen LogP contribution in [0.15, 0.2) is 33.8 Å². The highest BCUT2D eigenvalue weighted by atomic mass is 79.9. The molecule has 0 saturated carbocycles. The topological polar surface area (TPSA) is 90.0 Å². The smallest absolute Gasteiger partial charge is 0.240 e. The van der Waals surface area contributed by atoms with Gasteiger partial charge in [0.05, 0.1) is 11.1 Å². The van der Waals surface area contributed by atoms with Crippen LogP contribution in [-0.4, -0.2) is 18.2 Å². The summed E-state index contributed by atoms with van der Waals surface area (Å²) in [6, 6.07) is 4.50. The molecule has 6 nitrogen and oxygen atoms in total. The summed E-state index contributed by atoms with van der Waals surface area (Å²) < 4.78 is 29.2. The van der Waals surface area contributed by atoms with E-state index in [0.29, 0.717) is 10.2 Å². The molecule has 20 heavy (non-hydrogen) atoms. The normalized spacial score (nSPS) is 11.8. The van der Waals surface area contributed by atoms with Crippen LogP contribution in [0.3, 0.4) is 0 Å². The van der Waals surface area contributed by atoms with Gasteiger partial charge in [0.2, 0.25) is 10.0 Å². The van der Waals surface area contributed by atoms with Gasteiger partial charge in [0.15, 0.2) is 0 Å². The maximum absolute atomic E-state index is 12.2. The number of nitrogens with zero attached hydrogens (tertiary/aromatic N) is 2. The lowest BCUT2D eigenvalue weighted by Gasteiger charge is -2.08. The third-order valence-corrected chi connectivity index (χ3v) is 5.16. The van der Waals surface area contributed by atoms with Crippen molar-refractivity contribution in [3.8, 4) is 0 Å². The Hall–Kier alpha value is -1.38. The first-order valence-electron chi connectivity index (χ1n) is 5.83. The largest absolute Gasteiger partial charge is 0.398 e. The first kappa shape index (κ1) is 15.0. The van der Waals surface area contributed by atoms with Gasteiger partial charge in [0.1, 0.15) is 0 Å². The Kier molecular flexibility index (Phi) is 4.17. The molecule has 0 saturated heterocycles. The van der Waals surface area contributed by atoms with E-state index >= 15 is 0 Å². The van der Waals surface area contributed by atoms with Crippen molar-refractivity contribution in [1.82, 2.24) is 14.5 Å². The van der Waals surface area contributed by atoms with Crippen molar-refractivity contribution >= 4 is 31.6 Å². The molecule has 0 fully saturated rings. The summed E-state index contributed by atoms with van der Waals surface area (Å²) in [6.07, 6.45) is 1.65. The standard InChI is InChI=1S/C12H15BrN4O2S/c1-8-9(6-15-17(8)2)7-16-20(18,19)10-3-4-12(14)11(13)5-10/h3-6,16H,7,14H2,1-2H3. The number of hydrogen-bond acceptors (Lipinski definition) is 4. The number of halogens is 1. The van der Waals surface area contributed by atoms with Gasteiger partial charge in [-0.15, -0.1) is 0 Å². The molecular weight excluding hydrogens is 344 g/mol. The van der Waals surface area contributed by atoms with Crippen LogP contribution in [0.2, 0.25) is 0 Å². The number of nitrogens with two attached hydrogens (primary N) is 1. The van der Waals surface area contributed by atoms with Gasteiger partial charge in [-0.05, 0) is 41.1 Å². The molecule has 0 unspecified atom stereocenters. The van der Waals surface area contributed by atoms with E-state index in [4.69, 9.17) is 5.73 Å². The molecule has 8 heteroatoms. The number of nitrogens with one attached hydrogen (secondary N) is 1. The highest BCUT2D eigenvalue weighted by molar-refractivity contribution is 9.10. The maximum Gasteiger partial charge on any atom is 0.240 e. The molecule has 0 amide bonds. The van der Waals surface area contributed by atoms with E-state index in [2.05, 4.69) is 25.8 Å². The SMILES string of the molecule is Cc1c(CNS(=O)(=O)c2ccc(N)c(Br)c2)cnn1C. The first-order valence-corrected chi connectivity index (χ1v) is 8.11. The van der Waals surface area contributed by atoms with Crippen LogP contribution in [0, 0.1) is 6.92 Å². The fraction of sp³-hybridized carbons (Fsp3) is 0.250. The van der Waals surface area contributed by atoms with E-state index in [1.54, 1.807) is 16.9 Å². The van der Waals surface area contributed by atoms with Crippen LogP contribution in [0.1, 0.15) is 11.3 Å². The summed E-state index contributed by atoms with van der Waals surface area (Å²) >= 11 is 3.22. The minimum absolute atomic E-state index is 0.167. The number of rotatable bonds is 4. The van der Waals surface area contributed by atoms with Crippen molar-refractivity contribution in [2.24, 2.45) is 7.05 Å². The van der Waals surface area contributed by atoms with E-state index in [0.717, 1.165) is 11.3 Å². The predicted molar refractivity (Wildman–Crippen MR) is 80.5 cm³/mol. The maximum atomic E-state index is 12.2. The molecule has 1 heterocycles. The molecule has 3 N–H and O–H groups in total. The average Bonchev–Trinajstić information content (AvgIpc) is 2.71. The second kappa shape index (κ2) is 5.55. The summed E-state index contributed by atoms with van der Waals surface area (Å²) in [5.74, 6) is 0. The third kappa shape index (κ3) is 3.02. The molecule has 1 aromatic carbocycles. The Morgan fingerprint density at radius 3 is 2.70 bits per heavy atom. The van der Waals surface area contributed by atoms with Gasteiger partial charge >= 0.3 is 0 Å². The van der Waals surface area contributed by atoms with Crippen LogP contribution in [0.25, 0.3) is 0 Å². The van der Waals surface area contributed by atoms with Crippen LogP contribution < -0.4 is 10.5 Å². The zero-order chi connectivity index (χ0) is 14.9. The fourth-order valence-corrected chi connectivity index (χ4v) is 3.21. The second-order valence-electron chi connectivity index (χ2n) is 4.39. The summed E-state index contributed by atoms with van der Waals surface area (Å²) in [5, 5.41) is 4.07. The molecular formula is C12H15BrN4O2S. The molecule has 0 aliphatic heterocycles. The van der Waals surface area contributed by atoms with Crippen molar-refractivity contribution in [2.75, 3.05) is 5.73 Å². The van der Waals surface area contributed by atoms with E-state index in [1.807, 2.05) is 14.0 Å². The number of sulfonamides is 1. The minimum atomic E-state index is -3.58. The van der Waals surface area contributed by atoms with Crippen LogP contribution in [-0.2, 0) is 23.6 Å². The van der Waals surface area contributed by atoms with Crippen molar-refractivity contribution in [3.05, 3.63) is 40.1 Å². The van der Waals surface area contributed by atoms with Crippen LogP contribution in [0.5, 0.6) is 0 Å². The molecule has 1 aromatic heterocycles. The molecule has 2 rings (SSSR count). The summed E-state index contributed by atoms with van der Waals surface area (Å²) in [5.41, 5.74) is 7.90. The van der Waals surface area contributed by atoms with Gasteiger partial charge < -0.3 is 5.73 Å². The first-order chi connectivity index (χ1) is 9.31. The summed E-state index contributed by atoms with van der Waals surface area (Å²) in [7, 11) is -1.77. The zero-order valence-corrected chi connectivity index (χ0v) is 13.5. The molecule has 2 aromatic rings. The van der Waals surface area contributed by atoms with Crippen LogP contribution in [0.4, 0.5) is 5.69 Å². The lowest BCUT2D eigenvalue weighted by molar-refractivity contribution is 0.581. The highest BCUT2D eigenvalue weighted by Gasteiger charge is 2.16. The molecule has 0 radical (unpaired) electrons. The average molecular weight is 359 g/mol. The third-order valence-electron chi connectivity index (χ3n) is 3.07. The van der Waals surface area contributed by atoms with E-state index in [9.17, 15) is 8.42 Å². The Labute approximate surface area is 126 Å². The fourth-order valence-electron chi connectivity index (χ4n) is 1.65. The van der Waals surface area contributed by atoms with E-state index in [-0.39, 0.29) is 11.4 Å². The van der Waals surface area contributed by atoms with E-state index < -0.39 is 10.0 Å². The van der Waals surface area contributed by atoms with Gasteiger partial charge in [0, 0.05) is 35.0 Å². The number of nitrogen functional groups attached to an aromatic ring is 1. The number of anilines is 1. The summed E-state index contributed by atoms with van der Waals surface area (Å²) in [6.45, 7) is 2.08. The molecule has 0 bridgehead atoms. The minimum Gasteiger partial charge on any atom is -0.398 e. The van der Waals surface area contributed by atoms with Gasteiger partial charge in [-0.3, -0.25) is 4.68 Å². The predicted octanol–water partition coefficient (Wildman–Crippen LogP) is 1.55. The number of hydrogen-bond donors (Lipinski definition) is 2. The van der Waals surface area contributed by atoms with Crippen molar-refractivity contribution in [3.63, 3.8) is 0 Å².